The predicted molar refractivity (Wildman–Crippen MR) is 121 cm³/mol. The molecule has 2 aliphatic rings. The van der Waals surface area contributed by atoms with Crippen molar-refractivity contribution in [2.45, 2.75) is 38.6 Å². The Kier molecular flexibility index (Phi) is 4.52. The average Bonchev–Trinajstić information content (AvgIpc) is 3.38. The van der Waals surface area contributed by atoms with E-state index in [1.165, 1.54) is 27.2 Å². The standard InChI is InChI=1S/C24H25N4S/c1-15-7-5-9-19(11-15)22-14-27(18(4)29-22)28-13-16(2)12-21(28)24-25-20-10-6-8-17(3)23(20)26-24/h5-11,18,21H,2,12-13H2,1,3-4H3,(H,25,26)/t18?,21-/m0/s1. The van der Waals surface area contributed by atoms with Crippen LogP contribution in [0.2, 0.25) is 0 Å². The summed E-state index contributed by atoms with van der Waals surface area (Å²) in [5.74, 6) is 1.01. The molecule has 1 saturated heterocycles. The molecule has 1 N–H and O–H groups in total. The summed E-state index contributed by atoms with van der Waals surface area (Å²) in [6.07, 6.45) is 4.56. The third kappa shape index (κ3) is 3.28. The van der Waals surface area contributed by atoms with E-state index in [4.69, 9.17) is 4.98 Å². The topological polar surface area (TPSA) is 35.2 Å². The average molecular weight is 402 g/mol. The number of aromatic amines is 1. The van der Waals surface area contributed by atoms with Gasteiger partial charge in [-0.25, -0.2) is 9.99 Å². The van der Waals surface area contributed by atoms with E-state index in [1.807, 2.05) is 11.8 Å². The smallest absolute Gasteiger partial charge is 0.126 e. The Morgan fingerprint density at radius 2 is 2.03 bits per heavy atom. The van der Waals surface area contributed by atoms with Crippen LogP contribution in [0.5, 0.6) is 0 Å². The fourth-order valence-corrected chi connectivity index (χ4v) is 5.26. The molecule has 2 aromatic carbocycles. The number of aryl methyl sites for hydroxylation is 2. The van der Waals surface area contributed by atoms with Crippen molar-refractivity contribution in [1.82, 2.24) is 20.0 Å². The zero-order chi connectivity index (χ0) is 20.1. The van der Waals surface area contributed by atoms with Crippen molar-refractivity contribution in [3.8, 4) is 0 Å². The van der Waals surface area contributed by atoms with Gasteiger partial charge in [-0.05, 0) is 44.4 Å². The first-order chi connectivity index (χ1) is 14.0. The second-order valence-corrected chi connectivity index (χ2v) is 9.36. The van der Waals surface area contributed by atoms with Gasteiger partial charge >= 0.3 is 0 Å². The number of imidazole rings is 1. The van der Waals surface area contributed by atoms with Gasteiger partial charge in [0, 0.05) is 11.4 Å². The maximum Gasteiger partial charge on any atom is 0.126 e. The summed E-state index contributed by atoms with van der Waals surface area (Å²) in [7, 11) is 0. The van der Waals surface area contributed by atoms with E-state index in [-0.39, 0.29) is 11.4 Å². The summed E-state index contributed by atoms with van der Waals surface area (Å²) >= 11 is 1.86. The van der Waals surface area contributed by atoms with Crippen molar-refractivity contribution in [1.29, 1.82) is 0 Å². The Morgan fingerprint density at radius 1 is 1.21 bits per heavy atom. The second kappa shape index (κ2) is 7.08. The van der Waals surface area contributed by atoms with E-state index in [0.717, 1.165) is 29.8 Å². The largest absolute Gasteiger partial charge is 0.340 e. The van der Waals surface area contributed by atoms with Crippen LogP contribution in [0.15, 0.2) is 54.6 Å². The Balaban J connectivity index is 1.50. The minimum absolute atomic E-state index is 0.154. The van der Waals surface area contributed by atoms with Gasteiger partial charge in [0.2, 0.25) is 0 Å². The van der Waals surface area contributed by atoms with Crippen LogP contribution in [0.1, 0.15) is 41.9 Å². The van der Waals surface area contributed by atoms with Crippen LogP contribution in [-0.2, 0) is 0 Å². The summed E-state index contributed by atoms with van der Waals surface area (Å²) in [4.78, 5) is 9.69. The number of thioether (sulfide) groups is 1. The van der Waals surface area contributed by atoms with Crippen molar-refractivity contribution in [3.05, 3.63) is 83.3 Å². The lowest BCUT2D eigenvalue weighted by Crippen LogP contribution is -2.41. The molecular weight excluding hydrogens is 376 g/mol. The van der Waals surface area contributed by atoms with Crippen LogP contribution in [0.3, 0.4) is 0 Å². The fourth-order valence-electron chi connectivity index (χ4n) is 4.23. The highest BCUT2D eigenvalue weighted by atomic mass is 32.2. The Bertz CT molecular complexity index is 1130. The fraction of sp³-hybridized carbons (Fsp3) is 0.292. The number of hydrazine groups is 1. The van der Waals surface area contributed by atoms with Crippen LogP contribution in [0.4, 0.5) is 0 Å². The lowest BCUT2D eigenvalue weighted by molar-refractivity contribution is -0.00383. The lowest BCUT2D eigenvalue weighted by atomic mass is 10.1. The van der Waals surface area contributed by atoms with Crippen LogP contribution < -0.4 is 0 Å². The zero-order valence-electron chi connectivity index (χ0n) is 17.1. The Hall–Kier alpha value is -2.50. The molecule has 1 radical (unpaired) electrons. The SMILES string of the molecule is C=C1C[C@@H](c2nc3cccc(C)c3[nH]2)N(N2[C]=C(c3cccc(C)c3)SC2C)C1. The van der Waals surface area contributed by atoms with E-state index < -0.39 is 0 Å². The van der Waals surface area contributed by atoms with Gasteiger partial charge in [0.05, 0.1) is 28.6 Å². The second-order valence-electron chi connectivity index (χ2n) is 8.03. The molecule has 0 bridgehead atoms. The number of hydrogen-bond acceptors (Lipinski definition) is 4. The van der Waals surface area contributed by atoms with Crippen molar-refractivity contribution in [2.75, 3.05) is 6.54 Å². The molecule has 1 unspecified atom stereocenters. The number of fused-ring (bicyclic) bond motifs is 1. The third-order valence-corrected chi connectivity index (χ3v) is 6.80. The summed E-state index contributed by atoms with van der Waals surface area (Å²) in [6, 6.07) is 15.1. The maximum atomic E-state index is 4.92. The number of para-hydroxylation sites is 1. The molecule has 1 aromatic heterocycles. The predicted octanol–water partition coefficient (Wildman–Crippen LogP) is 5.59. The summed E-state index contributed by atoms with van der Waals surface area (Å²) < 4.78 is 0. The van der Waals surface area contributed by atoms with Crippen molar-refractivity contribution >= 4 is 27.7 Å². The normalized spacial score (nSPS) is 22.7. The molecule has 147 valence electrons. The van der Waals surface area contributed by atoms with Crippen LogP contribution in [-0.4, -0.2) is 31.9 Å². The Labute approximate surface area is 176 Å². The highest BCUT2D eigenvalue weighted by molar-refractivity contribution is 8.09. The molecule has 5 rings (SSSR count). The Morgan fingerprint density at radius 3 is 2.83 bits per heavy atom. The maximum absolute atomic E-state index is 4.92. The molecule has 2 atom stereocenters. The van der Waals surface area contributed by atoms with Gasteiger partial charge in [0.25, 0.3) is 0 Å². The molecule has 29 heavy (non-hydrogen) atoms. The quantitative estimate of drug-likeness (QED) is 0.580. The van der Waals surface area contributed by atoms with Crippen LogP contribution >= 0.6 is 11.8 Å². The van der Waals surface area contributed by atoms with Gasteiger partial charge in [0.15, 0.2) is 0 Å². The summed E-state index contributed by atoms with van der Waals surface area (Å²) in [6.45, 7) is 11.6. The first-order valence-electron chi connectivity index (χ1n) is 10.0. The van der Waals surface area contributed by atoms with E-state index in [1.54, 1.807) is 0 Å². The molecule has 3 heterocycles. The van der Waals surface area contributed by atoms with Gasteiger partial charge < -0.3 is 4.98 Å². The molecule has 0 aliphatic carbocycles. The zero-order valence-corrected chi connectivity index (χ0v) is 17.9. The van der Waals surface area contributed by atoms with Crippen LogP contribution in [0.25, 0.3) is 15.9 Å². The number of hydrogen-bond donors (Lipinski definition) is 1. The number of nitrogens with one attached hydrogen (secondary N) is 1. The van der Waals surface area contributed by atoms with Gasteiger partial charge in [0.1, 0.15) is 5.82 Å². The summed E-state index contributed by atoms with van der Waals surface area (Å²) in [5.41, 5.74) is 7.12. The third-order valence-electron chi connectivity index (χ3n) is 5.69. The van der Waals surface area contributed by atoms with Gasteiger partial charge in [-0.1, -0.05) is 65.9 Å². The number of H-pyrrole nitrogens is 1. The van der Waals surface area contributed by atoms with E-state index in [2.05, 4.69) is 91.0 Å². The molecule has 5 heteroatoms. The molecule has 3 aromatic rings. The van der Waals surface area contributed by atoms with Crippen molar-refractivity contribution in [2.24, 2.45) is 0 Å². The summed E-state index contributed by atoms with van der Waals surface area (Å²) in [5, 5.41) is 4.91. The lowest BCUT2D eigenvalue weighted by Gasteiger charge is -2.34. The molecule has 0 saturated carbocycles. The van der Waals surface area contributed by atoms with E-state index in [9.17, 15) is 0 Å². The molecule has 1 fully saturated rings. The van der Waals surface area contributed by atoms with E-state index >= 15 is 0 Å². The highest BCUT2D eigenvalue weighted by Gasteiger charge is 2.38. The first kappa shape index (κ1) is 18.5. The first-order valence-corrected chi connectivity index (χ1v) is 10.9. The number of aromatic nitrogens is 2. The van der Waals surface area contributed by atoms with Gasteiger partial charge in [-0.15, -0.1) is 0 Å². The molecular formula is C24H25N4S. The van der Waals surface area contributed by atoms with Crippen LogP contribution in [0, 0.1) is 20.0 Å². The van der Waals surface area contributed by atoms with Crippen molar-refractivity contribution in [3.63, 3.8) is 0 Å². The number of nitrogens with zero attached hydrogens (tertiary/aromatic N) is 3. The van der Waals surface area contributed by atoms with Gasteiger partial charge in [-0.3, -0.25) is 5.01 Å². The monoisotopic (exact) mass is 401 g/mol. The molecule has 4 nitrogen and oxygen atoms in total. The molecule has 0 spiro atoms. The van der Waals surface area contributed by atoms with Crippen molar-refractivity contribution < 1.29 is 0 Å². The highest BCUT2D eigenvalue weighted by Crippen LogP contribution is 2.44. The minimum atomic E-state index is 0.154. The minimum Gasteiger partial charge on any atom is -0.340 e. The molecule has 0 amide bonds. The number of rotatable bonds is 3. The van der Waals surface area contributed by atoms with E-state index in [0.29, 0.717) is 0 Å². The number of benzene rings is 2. The van der Waals surface area contributed by atoms with Gasteiger partial charge in [-0.2, -0.15) is 0 Å². The molecule has 2 aliphatic heterocycles.